The molecule has 0 bridgehead atoms. The third-order valence-electron chi connectivity index (χ3n) is 1.54. The summed E-state index contributed by atoms with van der Waals surface area (Å²) in [5.41, 5.74) is 0. The van der Waals surface area contributed by atoms with Gasteiger partial charge in [-0.15, -0.1) is 6.58 Å². The molecule has 10 heavy (non-hydrogen) atoms. The summed E-state index contributed by atoms with van der Waals surface area (Å²) < 4.78 is 5.60. The van der Waals surface area contributed by atoms with Gasteiger partial charge in [-0.05, 0) is 26.3 Å². The molecule has 2 heteroatoms. The van der Waals surface area contributed by atoms with Crippen LogP contribution in [-0.2, 0) is 4.74 Å². The van der Waals surface area contributed by atoms with Crippen molar-refractivity contribution in [2.24, 2.45) is 0 Å². The van der Waals surface area contributed by atoms with Crippen molar-refractivity contribution in [2.45, 2.75) is 38.5 Å². The molecular formula is C8H18OSi. The molecule has 1 nitrogen and oxygen atoms in total. The zero-order valence-corrected chi connectivity index (χ0v) is 9.26. The maximum absolute atomic E-state index is 5.60. The van der Waals surface area contributed by atoms with Crippen molar-refractivity contribution in [3.05, 3.63) is 12.7 Å². The molecule has 0 aliphatic carbocycles. The van der Waals surface area contributed by atoms with Crippen LogP contribution >= 0.6 is 0 Å². The molecule has 0 amide bonds. The van der Waals surface area contributed by atoms with Crippen molar-refractivity contribution in [1.29, 1.82) is 0 Å². The number of ether oxygens (including phenoxy) is 1. The second-order valence-corrected chi connectivity index (χ2v) is 3.51. The molecule has 0 saturated heterocycles. The largest absolute Gasteiger partial charge is 0.376 e. The van der Waals surface area contributed by atoms with Gasteiger partial charge in [-0.3, -0.25) is 0 Å². The van der Waals surface area contributed by atoms with Crippen LogP contribution < -0.4 is 0 Å². The van der Waals surface area contributed by atoms with Crippen molar-refractivity contribution in [1.82, 2.24) is 0 Å². The van der Waals surface area contributed by atoms with E-state index in [-0.39, 0.29) is 0 Å². The normalized spacial score (nSPS) is 16.6. The smallest absolute Gasteiger partial charge is 0.0584 e. The molecule has 0 spiro atoms. The fourth-order valence-corrected chi connectivity index (χ4v) is 0.976. The summed E-state index contributed by atoms with van der Waals surface area (Å²) in [7, 11) is 1.23. The summed E-state index contributed by atoms with van der Waals surface area (Å²) >= 11 is 0. The summed E-state index contributed by atoms with van der Waals surface area (Å²) in [6.07, 6.45) is 3.67. The summed E-state index contributed by atoms with van der Waals surface area (Å²) in [6, 6.07) is 1.22. The topological polar surface area (TPSA) is 9.23 Å². The van der Waals surface area contributed by atoms with Crippen LogP contribution in [0.2, 0.25) is 6.04 Å². The van der Waals surface area contributed by atoms with Crippen LogP contribution in [0.4, 0.5) is 0 Å². The first-order valence-corrected chi connectivity index (χ1v) is 5.38. The minimum atomic E-state index is 0.349. The van der Waals surface area contributed by atoms with Crippen LogP contribution in [-0.4, -0.2) is 22.5 Å². The maximum atomic E-state index is 5.60. The average molecular weight is 158 g/mol. The Balaban J connectivity index is 3.35. The summed E-state index contributed by atoms with van der Waals surface area (Å²) in [6.45, 7) is 7.89. The standard InChI is InChI=1S/C8H18OSi/c1-4-5-7(2)9-8(3)6-10/h4,7-8H,1,5-6H2,2-3,10H3. The Morgan fingerprint density at radius 1 is 1.50 bits per heavy atom. The van der Waals surface area contributed by atoms with Gasteiger partial charge in [0, 0.05) is 10.2 Å². The minimum Gasteiger partial charge on any atom is -0.376 e. The molecule has 0 fully saturated rings. The number of rotatable bonds is 5. The van der Waals surface area contributed by atoms with Crippen LogP contribution in [0.5, 0.6) is 0 Å². The Hall–Kier alpha value is -0.0831. The Morgan fingerprint density at radius 2 is 2.10 bits per heavy atom. The van der Waals surface area contributed by atoms with Gasteiger partial charge < -0.3 is 4.74 Å². The Morgan fingerprint density at radius 3 is 2.50 bits per heavy atom. The van der Waals surface area contributed by atoms with Crippen LogP contribution in [0.1, 0.15) is 20.3 Å². The van der Waals surface area contributed by atoms with Gasteiger partial charge in [0.05, 0.1) is 12.2 Å². The van der Waals surface area contributed by atoms with E-state index in [1.165, 1.54) is 16.3 Å². The van der Waals surface area contributed by atoms with Gasteiger partial charge in [-0.25, -0.2) is 0 Å². The molecule has 0 saturated carbocycles. The van der Waals surface area contributed by atoms with Gasteiger partial charge >= 0.3 is 0 Å². The molecule has 0 aromatic heterocycles. The Kier molecular flexibility index (Phi) is 5.64. The average Bonchev–Trinajstić information content (AvgIpc) is 1.88. The van der Waals surface area contributed by atoms with Gasteiger partial charge in [0.1, 0.15) is 0 Å². The molecule has 0 aliphatic heterocycles. The highest BCUT2D eigenvalue weighted by atomic mass is 28.1. The third kappa shape index (κ3) is 4.76. The Labute approximate surface area is 66.9 Å². The fourth-order valence-electron chi connectivity index (χ4n) is 0.783. The van der Waals surface area contributed by atoms with Crippen molar-refractivity contribution in [3.8, 4) is 0 Å². The summed E-state index contributed by atoms with van der Waals surface area (Å²) in [5.74, 6) is 0. The quantitative estimate of drug-likeness (QED) is 0.431. The van der Waals surface area contributed by atoms with E-state index < -0.39 is 0 Å². The van der Waals surface area contributed by atoms with Crippen LogP contribution in [0.3, 0.4) is 0 Å². The lowest BCUT2D eigenvalue weighted by Gasteiger charge is -2.15. The predicted octanol–water partition coefficient (Wildman–Crippen LogP) is 1.14. The van der Waals surface area contributed by atoms with Gasteiger partial charge in [0.25, 0.3) is 0 Å². The SMILES string of the molecule is C=CCC(C)OC(C)C[SiH3]. The van der Waals surface area contributed by atoms with Crippen LogP contribution in [0.25, 0.3) is 0 Å². The first-order valence-electron chi connectivity index (χ1n) is 3.97. The van der Waals surface area contributed by atoms with E-state index >= 15 is 0 Å². The molecule has 0 heterocycles. The lowest BCUT2D eigenvalue weighted by molar-refractivity contribution is 0.0213. The molecule has 2 atom stereocenters. The van der Waals surface area contributed by atoms with Crippen molar-refractivity contribution >= 4 is 10.2 Å². The molecule has 2 unspecified atom stereocenters. The fraction of sp³-hybridized carbons (Fsp3) is 0.750. The number of hydrogen-bond donors (Lipinski definition) is 0. The molecule has 0 aromatic carbocycles. The highest BCUT2D eigenvalue weighted by Gasteiger charge is 2.03. The predicted molar refractivity (Wildman–Crippen MR) is 49.6 cm³/mol. The monoisotopic (exact) mass is 158 g/mol. The summed E-state index contributed by atoms with van der Waals surface area (Å²) in [5, 5.41) is 0. The molecule has 0 N–H and O–H groups in total. The highest BCUT2D eigenvalue weighted by Crippen LogP contribution is 2.04. The molecule has 0 rings (SSSR count). The zero-order valence-electron chi connectivity index (χ0n) is 7.26. The van der Waals surface area contributed by atoms with E-state index in [0.717, 1.165) is 6.42 Å². The van der Waals surface area contributed by atoms with Crippen LogP contribution in [0.15, 0.2) is 12.7 Å². The van der Waals surface area contributed by atoms with E-state index in [1.54, 1.807) is 0 Å². The molecule has 0 aliphatic rings. The maximum Gasteiger partial charge on any atom is 0.0584 e. The van der Waals surface area contributed by atoms with Crippen molar-refractivity contribution in [3.63, 3.8) is 0 Å². The molecular weight excluding hydrogens is 140 g/mol. The van der Waals surface area contributed by atoms with Gasteiger partial charge in [-0.2, -0.15) is 0 Å². The first-order chi connectivity index (χ1) is 4.70. The zero-order chi connectivity index (χ0) is 7.98. The van der Waals surface area contributed by atoms with E-state index in [2.05, 4.69) is 20.4 Å². The van der Waals surface area contributed by atoms with Gasteiger partial charge in [0.15, 0.2) is 0 Å². The van der Waals surface area contributed by atoms with Crippen LogP contribution in [0, 0.1) is 0 Å². The van der Waals surface area contributed by atoms with Crippen molar-refractivity contribution < 1.29 is 4.74 Å². The van der Waals surface area contributed by atoms with E-state index in [9.17, 15) is 0 Å². The second-order valence-electron chi connectivity index (χ2n) is 2.69. The molecule has 0 aromatic rings. The van der Waals surface area contributed by atoms with E-state index in [0.29, 0.717) is 12.2 Å². The van der Waals surface area contributed by atoms with Crippen molar-refractivity contribution in [2.75, 3.05) is 0 Å². The lowest BCUT2D eigenvalue weighted by atomic mass is 10.3. The molecule has 60 valence electrons. The van der Waals surface area contributed by atoms with E-state index in [4.69, 9.17) is 4.74 Å². The molecule has 0 radical (unpaired) electrons. The summed E-state index contributed by atoms with van der Waals surface area (Å²) in [4.78, 5) is 0. The van der Waals surface area contributed by atoms with Gasteiger partial charge in [0.2, 0.25) is 0 Å². The first kappa shape index (κ1) is 9.92. The Bertz CT molecular complexity index is 93.3. The lowest BCUT2D eigenvalue weighted by Crippen LogP contribution is -2.15. The third-order valence-corrected chi connectivity index (χ3v) is 2.69. The highest BCUT2D eigenvalue weighted by molar-refractivity contribution is 6.08. The van der Waals surface area contributed by atoms with E-state index in [1.807, 2.05) is 6.08 Å². The minimum absolute atomic E-state index is 0.349. The number of hydrogen-bond acceptors (Lipinski definition) is 1. The second kappa shape index (κ2) is 5.68. The van der Waals surface area contributed by atoms with Gasteiger partial charge in [-0.1, -0.05) is 6.08 Å².